The molecule has 4 nitrogen and oxygen atoms in total. The largest absolute Gasteiger partial charge is 0.340 e. The molecule has 1 rings (SSSR count). The molecule has 1 N–H and O–H groups in total. The minimum atomic E-state index is -0.712. The van der Waals surface area contributed by atoms with Crippen molar-refractivity contribution >= 4 is 23.6 Å². The van der Waals surface area contributed by atoms with Crippen LogP contribution in [0.25, 0.3) is 0 Å². The second-order valence-electron chi connectivity index (χ2n) is 6.31. The molecule has 1 aliphatic rings. The zero-order chi connectivity index (χ0) is 16.2. The number of hydrogen-bond acceptors (Lipinski definition) is 3. The van der Waals surface area contributed by atoms with Gasteiger partial charge in [-0.05, 0) is 44.1 Å². The Bertz CT molecular complexity index is 380. The van der Waals surface area contributed by atoms with E-state index in [1.165, 1.54) is 0 Å². The molecule has 2 atom stereocenters. The molecule has 21 heavy (non-hydrogen) atoms. The van der Waals surface area contributed by atoms with Crippen molar-refractivity contribution in [2.24, 2.45) is 5.92 Å². The van der Waals surface area contributed by atoms with Gasteiger partial charge in [0, 0.05) is 6.04 Å². The van der Waals surface area contributed by atoms with Gasteiger partial charge in [-0.2, -0.15) is 11.8 Å². The van der Waals surface area contributed by atoms with Crippen LogP contribution in [-0.4, -0.2) is 46.3 Å². The highest BCUT2D eigenvalue weighted by Gasteiger charge is 2.50. The van der Waals surface area contributed by atoms with E-state index in [4.69, 9.17) is 0 Å². The highest BCUT2D eigenvalue weighted by molar-refractivity contribution is 7.98. The van der Waals surface area contributed by atoms with E-state index < -0.39 is 5.54 Å². The van der Waals surface area contributed by atoms with E-state index in [2.05, 4.69) is 18.5 Å². The van der Waals surface area contributed by atoms with Gasteiger partial charge < -0.3 is 10.2 Å². The summed E-state index contributed by atoms with van der Waals surface area (Å²) in [4.78, 5) is 27.5. The van der Waals surface area contributed by atoms with Crippen molar-refractivity contribution < 1.29 is 9.59 Å². The van der Waals surface area contributed by atoms with E-state index in [-0.39, 0.29) is 29.8 Å². The lowest BCUT2D eigenvalue weighted by Crippen LogP contribution is -2.72. The third-order valence-corrected chi connectivity index (χ3v) is 5.27. The standard InChI is InChI=1S/C16H30N2O2S/c1-7-16(8-2)15(20)18(12(5)9-10-21-6)13(11(3)4)14(19)17-16/h11-13H,7-10H2,1-6H3,(H,17,19). The normalized spacial score (nSPS) is 23.4. The summed E-state index contributed by atoms with van der Waals surface area (Å²) in [6.07, 6.45) is 4.28. The van der Waals surface area contributed by atoms with E-state index in [1.807, 2.05) is 32.6 Å². The molecule has 0 aromatic rings. The third kappa shape index (κ3) is 3.55. The molecule has 2 unspecified atom stereocenters. The van der Waals surface area contributed by atoms with Gasteiger partial charge in [0.15, 0.2) is 0 Å². The number of hydrogen-bond donors (Lipinski definition) is 1. The van der Waals surface area contributed by atoms with Crippen molar-refractivity contribution in [3.63, 3.8) is 0 Å². The van der Waals surface area contributed by atoms with Gasteiger partial charge in [-0.25, -0.2) is 0 Å². The van der Waals surface area contributed by atoms with Crippen LogP contribution in [0, 0.1) is 5.92 Å². The molecular weight excluding hydrogens is 284 g/mol. The molecule has 1 heterocycles. The molecule has 0 aliphatic carbocycles. The Morgan fingerprint density at radius 2 is 1.81 bits per heavy atom. The predicted octanol–water partition coefficient (Wildman–Crippen LogP) is 2.67. The number of nitrogens with one attached hydrogen (secondary N) is 1. The Hall–Kier alpha value is -0.710. The average molecular weight is 314 g/mol. The van der Waals surface area contributed by atoms with Gasteiger partial charge in [0.1, 0.15) is 11.6 Å². The minimum Gasteiger partial charge on any atom is -0.340 e. The molecule has 122 valence electrons. The van der Waals surface area contributed by atoms with Gasteiger partial charge in [-0.3, -0.25) is 9.59 Å². The maximum absolute atomic E-state index is 13.1. The van der Waals surface area contributed by atoms with Gasteiger partial charge in [-0.1, -0.05) is 27.7 Å². The Morgan fingerprint density at radius 1 is 1.24 bits per heavy atom. The number of rotatable bonds is 7. The van der Waals surface area contributed by atoms with E-state index in [0.717, 1.165) is 12.2 Å². The van der Waals surface area contributed by atoms with Gasteiger partial charge >= 0.3 is 0 Å². The molecule has 0 bridgehead atoms. The number of piperazine rings is 1. The number of nitrogens with zero attached hydrogens (tertiary/aromatic N) is 1. The van der Waals surface area contributed by atoms with Crippen LogP contribution in [0.3, 0.4) is 0 Å². The van der Waals surface area contributed by atoms with Crippen LogP contribution in [0.2, 0.25) is 0 Å². The van der Waals surface area contributed by atoms with Crippen LogP contribution >= 0.6 is 11.8 Å². The van der Waals surface area contributed by atoms with Crippen molar-refractivity contribution in [2.45, 2.75) is 71.5 Å². The molecule has 0 saturated carbocycles. The Kier molecular flexibility index (Phi) is 6.57. The quantitative estimate of drug-likeness (QED) is 0.786. The molecular formula is C16H30N2O2S. The smallest absolute Gasteiger partial charge is 0.249 e. The Morgan fingerprint density at radius 3 is 2.24 bits per heavy atom. The summed E-state index contributed by atoms with van der Waals surface area (Å²) >= 11 is 1.78. The highest BCUT2D eigenvalue weighted by Crippen LogP contribution is 2.30. The minimum absolute atomic E-state index is 0.00398. The fourth-order valence-electron chi connectivity index (χ4n) is 3.12. The van der Waals surface area contributed by atoms with Crippen LogP contribution in [0.1, 0.15) is 53.9 Å². The molecule has 1 fully saturated rings. The summed E-state index contributed by atoms with van der Waals surface area (Å²) < 4.78 is 0. The lowest BCUT2D eigenvalue weighted by atomic mass is 9.84. The van der Waals surface area contributed by atoms with Crippen molar-refractivity contribution in [2.75, 3.05) is 12.0 Å². The Labute approximate surface area is 133 Å². The van der Waals surface area contributed by atoms with Crippen molar-refractivity contribution in [3.8, 4) is 0 Å². The highest BCUT2D eigenvalue weighted by atomic mass is 32.2. The van der Waals surface area contributed by atoms with Crippen LogP contribution in [-0.2, 0) is 9.59 Å². The summed E-state index contributed by atoms with van der Waals surface area (Å²) in [6.45, 7) is 10.0. The van der Waals surface area contributed by atoms with Crippen molar-refractivity contribution in [1.29, 1.82) is 0 Å². The Balaban J connectivity index is 3.14. The topological polar surface area (TPSA) is 49.4 Å². The van der Waals surface area contributed by atoms with E-state index >= 15 is 0 Å². The maximum atomic E-state index is 13.1. The summed E-state index contributed by atoms with van der Waals surface area (Å²) in [6, 6.07) is -0.249. The number of carbonyl (C=O) groups excluding carboxylic acids is 2. The van der Waals surface area contributed by atoms with Crippen molar-refractivity contribution in [1.82, 2.24) is 10.2 Å². The van der Waals surface area contributed by atoms with Gasteiger partial charge in [-0.15, -0.1) is 0 Å². The van der Waals surface area contributed by atoms with E-state index in [0.29, 0.717) is 12.8 Å². The molecule has 5 heteroatoms. The van der Waals surface area contributed by atoms with E-state index in [9.17, 15) is 9.59 Å². The van der Waals surface area contributed by atoms with E-state index in [1.54, 1.807) is 11.8 Å². The zero-order valence-electron chi connectivity index (χ0n) is 14.2. The molecule has 1 aliphatic heterocycles. The number of thioether (sulfide) groups is 1. The number of carbonyl (C=O) groups is 2. The van der Waals surface area contributed by atoms with Crippen LogP contribution in [0.5, 0.6) is 0 Å². The third-order valence-electron chi connectivity index (χ3n) is 4.63. The summed E-state index contributed by atoms with van der Waals surface area (Å²) in [5.41, 5.74) is -0.712. The molecule has 2 amide bonds. The zero-order valence-corrected chi connectivity index (χ0v) is 15.0. The number of amides is 2. The second kappa shape index (κ2) is 7.52. The van der Waals surface area contributed by atoms with Crippen molar-refractivity contribution in [3.05, 3.63) is 0 Å². The first-order valence-corrected chi connectivity index (χ1v) is 9.37. The monoisotopic (exact) mass is 314 g/mol. The lowest BCUT2D eigenvalue weighted by molar-refractivity contribution is -0.160. The summed E-state index contributed by atoms with van der Waals surface area (Å²) in [5, 5.41) is 3.02. The second-order valence-corrected chi connectivity index (χ2v) is 7.30. The average Bonchev–Trinajstić information content (AvgIpc) is 2.45. The predicted molar refractivity (Wildman–Crippen MR) is 89.4 cm³/mol. The van der Waals surface area contributed by atoms with Gasteiger partial charge in [0.05, 0.1) is 0 Å². The van der Waals surface area contributed by atoms with Gasteiger partial charge in [0.25, 0.3) is 0 Å². The molecule has 0 radical (unpaired) electrons. The molecule has 1 saturated heterocycles. The first-order valence-electron chi connectivity index (χ1n) is 7.98. The summed E-state index contributed by atoms with van der Waals surface area (Å²) in [5.74, 6) is 1.23. The van der Waals surface area contributed by atoms with Crippen LogP contribution in [0.4, 0.5) is 0 Å². The van der Waals surface area contributed by atoms with Crippen LogP contribution in [0.15, 0.2) is 0 Å². The fraction of sp³-hybridized carbons (Fsp3) is 0.875. The maximum Gasteiger partial charge on any atom is 0.249 e. The lowest BCUT2D eigenvalue weighted by Gasteiger charge is -2.49. The summed E-state index contributed by atoms with van der Waals surface area (Å²) in [7, 11) is 0. The SMILES string of the molecule is CCC1(CC)NC(=O)C(C(C)C)N(C(C)CCSC)C1=O. The van der Waals surface area contributed by atoms with Gasteiger partial charge in [0.2, 0.25) is 11.8 Å². The first kappa shape index (κ1) is 18.3. The first-order chi connectivity index (χ1) is 9.84. The molecule has 0 aromatic heterocycles. The fourth-order valence-corrected chi connectivity index (χ4v) is 3.69. The molecule has 0 aromatic carbocycles. The molecule has 0 spiro atoms. The van der Waals surface area contributed by atoms with Crippen LogP contribution < -0.4 is 5.32 Å².